The topological polar surface area (TPSA) is 77.8 Å². The van der Waals surface area contributed by atoms with Crippen LogP contribution in [0.3, 0.4) is 0 Å². The van der Waals surface area contributed by atoms with Gasteiger partial charge in [0.1, 0.15) is 0 Å². The molecular formula is C11H12O4. The molecule has 1 saturated carbocycles. The molecule has 0 aromatic heterocycles. The van der Waals surface area contributed by atoms with E-state index in [9.17, 15) is 4.79 Å². The highest BCUT2D eigenvalue weighted by atomic mass is 16.5. The number of aliphatic hydroxyl groups is 2. The van der Waals surface area contributed by atoms with Crippen LogP contribution in [0.25, 0.3) is 0 Å². The monoisotopic (exact) mass is 208 g/mol. The van der Waals surface area contributed by atoms with Gasteiger partial charge in [0.15, 0.2) is 6.29 Å². The van der Waals surface area contributed by atoms with Gasteiger partial charge in [0.25, 0.3) is 0 Å². The van der Waals surface area contributed by atoms with Crippen molar-refractivity contribution in [3.05, 3.63) is 36.0 Å². The smallest absolute Gasteiger partial charge is 0.336 e. The first kappa shape index (κ1) is 10.1. The third kappa shape index (κ3) is 1.73. The fourth-order valence-electron chi connectivity index (χ4n) is 1.94. The number of allylic oxidation sites excluding steroid dienone is 5. The Hall–Kier alpha value is -1.39. The van der Waals surface area contributed by atoms with Crippen molar-refractivity contribution < 1.29 is 20.1 Å². The predicted molar refractivity (Wildman–Crippen MR) is 52.8 cm³/mol. The van der Waals surface area contributed by atoms with Crippen LogP contribution in [0, 0.1) is 11.3 Å². The number of aliphatic carboxylic acids is 1. The van der Waals surface area contributed by atoms with E-state index in [4.69, 9.17) is 15.3 Å². The van der Waals surface area contributed by atoms with E-state index in [1.54, 1.807) is 0 Å². The number of hydrogen-bond donors (Lipinski definition) is 3. The lowest BCUT2D eigenvalue weighted by Gasteiger charge is -2.11. The van der Waals surface area contributed by atoms with Gasteiger partial charge in [-0.15, -0.1) is 0 Å². The third-order valence-electron chi connectivity index (χ3n) is 2.91. The molecular weight excluding hydrogens is 196 g/mol. The minimum absolute atomic E-state index is 0.299. The Balaban J connectivity index is 2.26. The van der Waals surface area contributed by atoms with Crippen LogP contribution in [0.5, 0.6) is 0 Å². The lowest BCUT2D eigenvalue weighted by molar-refractivity contribution is -0.136. The molecule has 0 amide bonds. The third-order valence-corrected chi connectivity index (χ3v) is 2.91. The molecule has 2 atom stereocenters. The van der Waals surface area contributed by atoms with Crippen LogP contribution < -0.4 is 0 Å². The van der Waals surface area contributed by atoms with Crippen molar-refractivity contribution in [2.75, 3.05) is 0 Å². The molecule has 80 valence electrons. The van der Waals surface area contributed by atoms with Gasteiger partial charge in [-0.05, 0) is 12.3 Å². The van der Waals surface area contributed by atoms with Crippen LogP contribution in [0.1, 0.15) is 6.42 Å². The Morgan fingerprint density at radius 1 is 1.47 bits per heavy atom. The van der Waals surface area contributed by atoms with Crippen molar-refractivity contribution in [3.63, 3.8) is 0 Å². The molecule has 2 aliphatic carbocycles. The van der Waals surface area contributed by atoms with Crippen LogP contribution >= 0.6 is 0 Å². The Morgan fingerprint density at radius 3 is 2.73 bits per heavy atom. The molecule has 4 heteroatoms. The molecule has 0 radical (unpaired) electrons. The lowest BCUT2D eigenvalue weighted by atomic mass is 9.96. The van der Waals surface area contributed by atoms with Gasteiger partial charge in [-0.2, -0.15) is 0 Å². The summed E-state index contributed by atoms with van der Waals surface area (Å²) in [7, 11) is 0. The average molecular weight is 208 g/mol. The number of carboxylic acids is 1. The van der Waals surface area contributed by atoms with Crippen molar-refractivity contribution in [3.8, 4) is 0 Å². The maximum Gasteiger partial charge on any atom is 0.336 e. The predicted octanol–water partition coefficient (Wildman–Crippen LogP) is 0.440. The molecule has 3 N–H and O–H groups in total. The van der Waals surface area contributed by atoms with E-state index in [2.05, 4.69) is 0 Å². The summed E-state index contributed by atoms with van der Waals surface area (Å²) < 4.78 is 0. The Bertz CT molecular complexity index is 378. The van der Waals surface area contributed by atoms with E-state index in [0.29, 0.717) is 5.92 Å². The lowest BCUT2D eigenvalue weighted by Crippen LogP contribution is -2.18. The average Bonchev–Trinajstić information content (AvgIpc) is 2.87. The quantitative estimate of drug-likeness (QED) is 0.464. The summed E-state index contributed by atoms with van der Waals surface area (Å²) in [5.74, 6) is -0.983. The Morgan fingerprint density at radius 2 is 2.20 bits per heavy atom. The van der Waals surface area contributed by atoms with Gasteiger partial charge in [-0.3, -0.25) is 0 Å². The van der Waals surface area contributed by atoms with E-state index in [0.717, 1.165) is 6.42 Å². The second-order valence-corrected chi connectivity index (χ2v) is 3.95. The minimum Gasteiger partial charge on any atom is -0.478 e. The van der Waals surface area contributed by atoms with E-state index in [-0.39, 0.29) is 11.0 Å². The highest BCUT2D eigenvalue weighted by Crippen LogP contribution is 2.57. The molecule has 0 bridgehead atoms. The van der Waals surface area contributed by atoms with E-state index >= 15 is 0 Å². The number of carbonyl (C=O) groups is 1. The number of aliphatic hydroxyl groups excluding tert-OH is 1. The SMILES string of the molecule is O=C(O)/C(=C\C12C=CC=CC1C2)C(O)O. The molecule has 0 heterocycles. The van der Waals surface area contributed by atoms with Crippen molar-refractivity contribution in [2.24, 2.45) is 11.3 Å². The largest absolute Gasteiger partial charge is 0.478 e. The molecule has 1 fully saturated rings. The van der Waals surface area contributed by atoms with Crippen LogP contribution in [-0.4, -0.2) is 27.6 Å². The zero-order chi connectivity index (χ0) is 11.1. The molecule has 4 nitrogen and oxygen atoms in total. The van der Waals surface area contributed by atoms with Gasteiger partial charge in [0.2, 0.25) is 0 Å². The summed E-state index contributed by atoms with van der Waals surface area (Å²) in [6.45, 7) is 0. The molecule has 15 heavy (non-hydrogen) atoms. The number of hydrogen-bond acceptors (Lipinski definition) is 3. The highest BCUT2D eigenvalue weighted by Gasteiger charge is 2.50. The van der Waals surface area contributed by atoms with E-state index in [1.165, 1.54) is 6.08 Å². The summed E-state index contributed by atoms with van der Waals surface area (Å²) in [6.07, 6.45) is 8.04. The summed E-state index contributed by atoms with van der Waals surface area (Å²) in [4.78, 5) is 10.7. The summed E-state index contributed by atoms with van der Waals surface area (Å²) in [6, 6.07) is 0. The van der Waals surface area contributed by atoms with E-state index < -0.39 is 12.3 Å². The van der Waals surface area contributed by atoms with Gasteiger partial charge < -0.3 is 15.3 Å². The first-order valence-electron chi connectivity index (χ1n) is 4.73. The van der Waals surface area contributed by atoms with Crippen molar-refractivity contribution in [1.82, 2.24) is 0 Å². The molecule has 0 aliphatic heterocycles. The molecule has 0 aromatic carbocycles. The van der Waals surface area contributed by atoms with E-state index in [1.807, 2.05) is 24.3 Å². The standard InChI is InChI=1S/C11H12O4/c12-9(13)8(10(14)15)6-11-4-2-1-3-7(11)5-11/h1-4,6-7,9,12-13H,5H2,(H,14,15)/b8-6-. The fraction of sp³-hybridized carbons (Fsp3) is 0.364. The summed E-state index contributed by atoms with van der Waals surface area (Å²) in [5, 5.41) is 26.6. The molecule has 2 aliphatic rings. The normalized spacial score (nSPS) is 33.0. The summed E-state index contributed by atoms with van der Waals surface area (Å²) in [5.41, 5.74) is -0.649. The summed E-state index contributed by atoms with van der Waals surface area (Å²) >= 11 is 0. The molecule has 0 spiro atoms. The number of fused-ring (bicyclic) bond motifs is 1. The second-order valence-electron chi connectivity index (χ2n) is 3.95. The minimum atomic E-state index is -1.92. The van der Waals surface area contributed by atoms with Crippen LogP contribution in [0.2, 0.25) is 0 Å². The van der Waals surface area contributed by atoms with Gasteiger partial charge in [-0.25, -0.2) is 4.79 Å². The highest BCUT2D eigenvalue weighted by molar-refractivity contribution is 5.87. The first-order chi connectivity index (χ1) is 7.05. The van der Waals surface area contributed by atoms with Gasteiger partial charge >= 0.3 is 5.97 Å². The molecule has 0 saturated heterocycles. The molecule has 2 unspecified atom stereocenters. The Kier molecular flexibility index (Phi) is 2.25. The Labute approximate surface area is 86.9 Å². The van der Waals surface area contributed by atoms with Gasteiger partial charge in [-0.1, -0.05) is 30.4 Å². The number of carboxylic acid groups (broad SMARTS) is 1. The molecule has 2 rings (SSSR count). The van der Waals surface area contributed by atoms with Crippen LogP contribution in [0.4, 0.5) is 0 Å². The van der Waals surface area contributed by atoms with Gasteiger partial charge in [0, 0.05) is 5.41 Å². The van der Waals surface area contributed by atoms with Crippen molar-refractivity contribution in [2.45, 2.75) is 12.7 Å². The maximum absolute atomic E-state index is 10.7. The van der Waals surface area contributed by atoms with Gasteiger partial charge in [0.05, 0.1) is 5.57 Å². The van der Waals surface area contributed by atoms with Crippen molar-refractivity contribution in [1.29, 1.82) is 0 Å². The number of rotatable bonds is 3. The molecule has 0 aromatic rings. The fourth-order valence-corrected chi connectivity index (χ4v) is 1.94. The van der Waals surface area contributed by atoms with Crippen LogP contribution in [-0.2, 0) is 4.79 Å². The first-order valence-corrected chi connectivity index (χ1v) is 4.73. The zero-order valence-electron chi connectivity index (χ0n) is 8.00. The zero-order valence-corrected chi connectivity index (χ0v) is 8.00. The van der Waals surface area contributed by atoms with Crippen molar-refractivity contribution >= 4 is 5.97 Å². The van der Waals surface area contributed by atoms with Crippen LogP contribution in [0.15, 0.2) is 36.0 Å². The maximum atomic E-state index is 10.7. The second kappa shape index (κ2) is 3.32.